The largest absolute Gasteiger partial charge is 0.478 e. The number of hydrogen-bond acceptors (Lipinski definition) is 5. The number of benzene rings is 2. The van der Waals surface area contributed by atoms with E-state index in [1.165, 1.54) is 23.9 Å². The molecule has 1 aliphatic heterocycles. The molecular formula is C19H18N2O5S. The van der Waals surface area contributed by atoms with Crippen LogP contribution in [0.5, 0.6) is 0 Å². The predicted octanol–water partition coefficient (Wildman–Crippen LogP) is 3.36. The van der Waals surface area contributed by atoms with Crippen molar-refractivity contribution >= 4 is 29.3 Å². The molecule has 27 heavy (non-hydrogen) atoms. The Morgan fingerprint density at radius 3 is 2.52 bits per heavy atom. The molecule has 3 rings (SSSR count). The first-order chi connectivity index (χ1) is 12.8. The number of nitrogens with zero attached hydrogens (tertiary/aromatic N) is 2. The van der Waals surface area contributed by atoms with Crippen molar-refractivity contribution in [2.24, 2.45) is 0 Å². The minimum Gasteiger partial charge on any atom is -0.478 e. The molecule has 0 spiro atoms. The predicted molar refractivity (Wildman–Crippen MR) is 101 cm³/mol. The molecule has 7 nitrogen and oxygen atoms in total. The van der Waals surface area contributed by atoms with Gasteiger partial charge in [-0.3, -0.25) is 14.9 Å². The molecule has 1 N–H and O–H groups in total. The van der Waals surface area contributed by atoms with Crippen LogP contribution in [-0.4, -0.2) is 38.6 Å². The van der Waals surface area contributed by atoms with E-state index in [0.29, 0.717) is 19.5 Å². The van der Waals surface area contributed by atoms with Gasteiger partial charge in [-0.2, -0.15) is 0 Å². The zero-order chi connectivity index (χ0) is 19.6. The Balaban J connectivity index is 1.67. The van der Waals surface area contributed by atoms with E-state index >= 15 is 0 Å². The fourth-order valence-electron chi connectivity index (χ4n) is 3.04. The molecule has 8 heteroatoms. The van der Waals surface area contributed by atoms with Gasteiger partial charge in [0, 0.05) is 30.1 Å². The van der Waals surface area contributed by atoms with Crippen LogP contribution in [0.3, 0.4) is 0 Å². The van der Waals surface area contributed by atoms with E-state index in [0.717, 1.165) is 16.0 Å². The Kier molecular flexibility index (Phi) is 5.46. The third-order valence-electron chi connectivity index (χ3n) is 4.49. The Bertz CT molecular complexity index is 897. The number of carbonyl (C=O) groups is 2. The van der Waals surface area contributed by atoms with Crippen LogP contribution in [0.4, 0.5) is 5.69 Å². The number of aromatic carboxylic acids is 1. The summed E-state index contributed by atoms with van der Waals surface area (Å²) in [5.41, 5.74) is 2.17. The molecule has 0 aliphatic carbocycles. The number of nitro benzene ring substituents is 1. The number of non-ortho nitro benzene ring substituents is 1. The minimum atomic E-state index is -0.983. The summed E-state index contributed by atoms with van der Waals surface area (Å²) in [6.45, 7) is 2.78. The second kappa shape index (κ2) is 7.79. The summed E-state index contributed by atoms with van der Waals surface area (Å²) in [6, 6.07) is 11.1. The van der Waals surface area contributed by atoms with Crippen molar-refractivity contribution in [2.45, 2.75) is 30.0 Å². The number of hydrogen-bond donors (Lipinski definition) is 1. The zero-order valence-electron chi connectivity index (χ0n) is 14.6. The van der Waals surface area contributed by atoms with Gasteiger partial charge in [-0.15, -0.1) is 11.8 Å². The van der Waals surface area contributed by atoms with Gasteiger partial charge < -0.3 is 10.0 Å². The summed E-state index contributed by atoms with van der Waals surface area (Å²) in [5, 5.41) is 19.5. The summed E-state index contributed by atoms with van der Waals surface area (Å²) in [5.74, 6) is -1.02. The van der Waals surface area contributed by atoms with E-state index in [1.54, 1.807) is 36.1 Å². The average Bonchev–Trinajstić information content (AvgIpc) is 2.66. The van der Waals surface area contributed by atoms with E-state index in [4.69, 9.17) is 5.11 Å². The number of carbonyl (C=O) groups excluding carboxylic acids is 1. The number of fused-ring (bicyclic) bond motifs is 1. The molecule has 2 aromatic carbocycles. The fourth-order valence-corrected chi connectivity index (χ4v) is 3.99. The van der Waals surface area contributed by atoms with Gasteiger partial charge in [-0.1, -0.05) is 6.07 Å². The van der Waals surface area contributed by atoms with Crippen molar-refractivity contribution in [3.63, 3.8) is 0 Å². The van der Waals surface area contributed by atoms with Crippen LogP contribution in [-0.2, 0) is 17.8 Å². The van der Waals surface area contributed by atoms with Crippen molar-refractivity contribution < 1.29 is 19.6 Å². The Morgan fingerprint density at radius 1 is 1.19 bits per heavy atom. The van der Waals surface area contributed by atoms with Crippen LogP contribution >= 0.6 is 11.8 Å². The Labute approximate surface area is 160 Å². The van der Waals surface area contributed by atoms with Crippen molar-refractivity contribution in [1.82, 2.24) is 4.90 Å². The number of rotatable bonds is 5. The molecule has 1 unspecified atom stereocenters. The lowest BCUT2D eigenvalue weighted by Gasteiger charge is -2.31. The minimum absolute atomic E-state index is 0.0141. The first-order valence-corrected chi connectivity index (χ1v) is 9.28. The topological polar surface area (TPSA) is 101 Å². The van der Waals surface area contributed by atoms with Gasteiger partial charge in [-0.05, 0) is 48.7 Å². The zero-order valence-corrected chi connectivity index (χ0v) is 15.4. The van der Waals surface area contributed by atoms with E-state index in [2.05, 4.69) is 0 Å². The molecule has 1 aliphatic rings. The lowest BCUT2D eigenvalue weighted by molar-refractivity contribution is -0.384. The molecule has 1 atom stereocenters. The monoisotopic (exact) mass is 386 g/mol. The first-order valence-electron chi connectivity index (χ1n) is 8.40. The molecule has 0 fully saturated rings. The van der Waals surface area contributed by atoms with Crippen LogP contribution in [0.1, 0.15) is 28.4 Å². The van der Waals surface area contributed by atoms with E-state index in [9.17, 15) is 19.7 Å². The summed E-state index contributed by atoms with van der Waals surface area (Å²) in [4.78, 5) is 36.7. The highest BCUT2D eigenvalue weighted by atomic mass is 32.2. The van der Waals surface area contributed by atoms with Gasteiger partial charge in [0.15, 0.2) is 0 Å². The maximum atomic E-state index is 12.8. The van der Waals surface area contributed by atoms with Gasteiger partial charge in [-0.25, -0.2) is 4.79 Å². The molecule has 0 saturated carbocycles. The second-order valence-electron chi connectivity index (χ2n) is 6.31. The van der Waals surface area contributed by atoms with Crippen LogP contribution in [0.2, 0.25) is 0 Å². The highest BCUT2D eigenvalue weighted by molar-refractivity contribution is 8.00. The first kappa shape index (κ1) is 18.9. The lowest BCUT2D eigenvalue weighted by atomic mass is 9.97. The molecular weight excluding hydrogens is 368 g/mol. The highest BCUT2D eigenvalue weighted by Gasteiger charge is 2.26. The summed E-state index contributed by atoms with van der Waals surface area (Å²) in [6.07, 6.45) is 0.690. The van der Waals surface area contributed by atoms with Gasteiger partial charge in [0.1, 0.15) is 0 Å². The lowest BCUT2D eigenvalue weighted by Crippen LogP contribution is -2.40. The molecule has 0 saturated heterocycles. The van der Waals surface area contributed by atoms with Crippen molar-refractivity contribution in [3.05, 3.63) is 69.3 Å². The quantitative estimate of drug-likeness (QED) is 0.480. The van der Waals surface area contributed by atoms with E-state index in [-0.39, 0.29) is 22.4 Å². The smallest absolute Gasteiger partial charge is 0.335 e. The van der Waals surface area contributed by atoms with Gasteiger partial charge in [0.2, 0.25) is 5.91 Å². The van der Waals surface area contributed by atoms with Crippen LogP contribution < -0.4 is 0 Å². The Hall–Kier alpha value is -2.87. The van der Waals surface area contributed by atoms with Gasteiger partial charge in [0.25, 0.3) is 5.69 Å². The fraction of sp³-hybridized carbons (Fsp3) is 0.263. The van der Waals surface area contributed by atoms with Gasteiger partial charge in [0.05, 0.1) is 15.7 Å². The van der Waals surface area contributed by atoms with Crippen molar-refractivity contribution in [3.8, 4) is 0 Å². The third kappa shape index (κ3) is 4.28. The maximum Gasteiger partial charge on any atom is 0.335 e. The number of thioether (sulfide) groups is 1. The number of nitro groups is 1. The summed E-state index contributed by atoms with van der Waals surface area (Å²) < 4.78 is 0. The number of amides is 1. The van der Waals surface area contributed by atoms with E-state index in [1.807, 2.05) is 6.07 Å². The van der Waals surface area contributed by atoms with Crippen molar-refractivity contribution in [1.29, 1.82) is 0 Å². The molecule has 1 heterocycles. The second-order valence-corrected chi connectivity index (χ2v) is 7.72. The van der Waals surface area contributed by atoms with Gasteiger partial charge >= 0.3 is 5.97 Å². The maximum absolute atomic E-state index is 12.8. The number of carboxylic acid groups (broad SMARTS) is 1. The standard InChI is InChI=1S/C19H18N2O5S/c1-12(27-17-6-4-16(5-7-17)21(25)26)18(22)20-9-8-13-2-3-14(19(23)24)10-15(13)11-20/h2-7,10,12H,8-9,11H2,1H3,(H,23,24). The van der Waals surface area contributed by atoms with Crippen LogP contribution in [0.25, 0.3) is 0 Å². The third-order valence-corrected chi connectivity index (χ3v) is 5.58. The summed E-state index contributed by atoms with van der Waals surface area (Å²) >= 11 is 1.35. The van der Waals surface area contributed by atoms with Crippen molar-refractivity contribution in [2.75, 3.05) is 6.54 Å². The molecule has 0 radical (unpaired) electrons. The average molecular weight is 386 g/mol. The van der Waals surface area contributed by atoms with Crippen LogP contribution in [0.15, 0.2) is 47.4 Å². The molecule has 0 bridgehead atoms. The normalized spacial score (nSPS) is 14.3. The molecule has 0 aromatic heterocycles. The molecule has 140 valence electrons. The van der Waals surface area contributed by atoms with E-state index < -0.39 is 10.9 Å². The van der Waals surface area contributed by atoms with Crippen LogP contribution in [0, 0.1) is 10.1 Å². The number of carboxylic acids is 1. The SMILES string of the molecule is CC(Sc1ccc([N+](=O)[O-])cc1)C(=O)N1CCc2ccc(C(=O)O)cc2C1. The Morgan fingerprint density at radius 2 is 1.89 bits per heavy atom. The molecule has 1 amide bonds. The molecule has 2 aromatic rings. The summed E-state index contributed by atoms with van der Waals surface area (Å²) in [7, 11) is 0. The highest BCUT2D eigenvalue weighted by Crippen LogP contribution is 2.28.